The molecule has 1 heterocycles. The van der Waals surface area contributed by atoms with Crippen LogP contribution in [0.1, 0.15) is 21.5 Å². The van der Waals surface area contributed by atoms with Gasteiger partial charge in [-0.25, -0.2) is 0 Å². The number of carbonyl (C=O) groups excluding carboxylic acids is 2. The van der Waals surface area contributed by atoms with Gasteiger partial charge in [-0.1, -0.05) is 40.6 Å². The standard InChI is InChI=1S/C19H17ClN4O3S/c1-11-7-12(2)9-14(8-11)18-23-24-19(27-18)28-10-16(25)21-22-17(26)13-3-5-15(20)6-4-13/h3-9H,10H2,1-2H3,(H,21,25)(H,22,26). The molecule has 28 heavy (non-hydrogen) atoms. The van der Waals surface area contributed by atoms with Crippen LogP contribution in [0.2, 0.25) is 5.02 Å². The summed E-state index contributed by atoms with van der Waals surface area (Å²) in [5, 5.41) is 8.76. The Balaban J connectivity index is 1.50. The first-order chi connectivity index (χ1) is 13.4. The molecule has 144 valence electrons. The van der Waals surface area contributed by atoms with Crippen molar-refractivity contribution in [1.82, 2.24) is 21.0 Å². The predicted molar refractivity (Wildman–Crippen MR) is 107 cm³/mol. The Labute approximate surface area is 170 Å². The molecule has 0 fully saturated rings. The van der Waals surface area contributed by atoms with Crippen molar-refractivity contribution in [2.75, 3.05) is 5.75 Å². The lowest BCUT2D eigenvalue weighted by atomic mass is 10.1. The number of halogens is 1. The Morgan fingerprint density at radius 1 is 1.04 bits per heavy atom. The molecule has 2 aromatic carbocycles. The molecule has 0 saturated carbocycles. The van der Waals surface area contributed by atoms with Crippen molar-refractivity contribution >= 4 is 35.2 Å². The summed E-state index contributed by atoms with van der Waals surface area (Å²) in [5.74, 6) is -0.441. The molecule has 2 amide bonds. The summed E-state index contributed by atoms with van der Waals surface area (Å²) in [4.78, 5) is 23.8. The summed E-state index contributed by atoms with van der Waals surface area (Å²) in [7, 11) is 0. The van der Waals surface area contributed by atoms with Crippen LogP contribution in [0.15, 0.2) is 52.1 Å². The van der Waals surface area contributed by atoms with E-state index in [1.807, 2.05) is 26.0 Å². The zero-order valence-corrected chi connectivity index (χ0v) is 16.7. The molecule has 3 rings (SSSR count). The minimum Gasteiger partial charge on any atom is -0.411 e. The van der Waals surface area contributed by atoms with E-state index in [2.05, 4.69) is 27.1 Å². The SMILES string of the molecule is Cc1cc(C)cc(-c2nnc(SCC(=O)NNC(=O)c3ccc(Cl)cc3)o2)c1. The van der Waals surface area contributed by atoms with Crippen LogP contribution in [0.25, 0.3) is 11.5 Å². The largest absolute Gasteiger partial charge is 0.411 e. The Morgan fingerprint density at radius 2 is 1.71 bits per heavy atom. The van der Waals surface area contributed by atoms with Crippen LogP contribution in [0.5, 0.6) is 0 Å². The zero-order valence-electron chi connectivity index (χ0n) is 15.2. The van der Waals surface area contributed by atoms with E-state index in [9.17, 15) is 9.59 Å². The maximum atomic E-state index is 11.9. The number of nitrogens with zero attached hydrogens (tertiary/aromatic N) is 2. The fourth-order valence-electron chi connectivity index (χ4n) is 2.45. The molecule has 0 aliphatic rings. The number of amides is 2. The van der Waals surface area contributed by atoms with Crippen LogP contribution in [0.4, 0.5) is 0 Å². The third-order valence-electron chi connectivity index (χ3n) is 3.62. The van der Waals surface area contributed by atoms with Crippen molar-refractivity contribution in [2.24, 2.45) is 0 Å². The van der Waals surface area contributed by atoms with Crippen molar-refractivity contribution in [1.29, 1.82) is 0 Å². The van der Waals surface area contributed by atoms with E-state index < -0.39 is 11.8 Å². The van der Waals surface area contributed by atoms with Gasteiger partial charge in [0.05, 0.1) is 5.75 Å². The molecule has 0 saturated heterocycles. The lowest BCUT2D eigenvalue weighted by Gasteiger charge is -2.06. The first-order valence-corrected chi connectivity index (χ1v) is 9.67. The first-order valence-electron chi connectivity index (χ1n) is 8.30. The highest BCUT2D eigenvalue weighted by Gasteiger charge is 2.13. The molecule has 7 nitrogen and oxygen atoms in total. The van der Waals surface area contributed by atoms with Crippen LogP contribution in [0.3, 0.4) is 0 Å². The highest BCUT2D eigenvalue weighted by atomic mass is 35.5. The summed E-state index contributed by atoms with van der Waals surface area (Å²) < 4.78 is 5.60. The fourth-order valence-corrected chi connectivity index (χ4v) is 3.14. The van der Waals surface area contributed by atoms with Gasteiger partial charge < -0.3 is 4.42 Å². The Kier molecular flexibility index (Phi) is 6.33. The van der Waals surface area contributed by atoms with Gasteiger partial charge in [-0.15, -0.1) is 10.2 Å². The Bertz CT molecular complexity index is 984. The lowest BCUT2D eigenvalue weighted by molar-refractivity contribution is -0.119. The summed E-state index contributed by atoms with van der Waals surface area (Å²) in [5.41, 5.74) is 8.08. The van der Waals surface area contributed by atoms with E-state index in [0.29, 0.717) is 16.5 Å². The van der Waals surface area contributed by atoms with Gasteiger partial charge in [0.15, 0.2) is 0 Å². The van der Waals surface area contributed by atoms with Crippen LogP contribution < -0.4 is 10.9 Å². The van der Waals surface area contributed by atoms with Gasteiger partial charge in [-0.3, -0.25) is 20.4 Å². The second-order valence-corrected chi connectivity index (χ2v) is 7.41. The van der Waals surface area contributed by atoms with E-state index in [4.69, 9.17) is 16.0 Å². The molecule has 1 aromatic heterocycles. The predicted octanol–water partition coefficient (Wildman–Crippen LogP) is 3.56. The summed E-state index contributed by atoms with van der Waals surface area (Å²) >= 11 is 6.86. The Hall–Kier alpha value is -2.84. The molecule has 3 aromatic rings. The maximum absolute atomic E-state index is 11.9. The average Bonchev–Trinajstić information content (AvgIpc) is 3.13. The molecule has 0 bridgehead atoms. The van der Waals surface area contributed by atoms with Crippen LogP contribution in [0, 0.1) is 13.8 Å². The third-order valence-corrected chi connectivity index (χ3v) is 4.69. The minimum absolute atomic E-state index is 0.00930. The average molecular weight is 417 g/mol. The van der Waals surface area contributed by atoms with Crippen molar-refractivity contribution in [3.63, 3.8) is 0 Å². The van der Waals surface area contributed by atoms with Crippen molar-refractivity contribution in [2.45, 2.75) is 19.1 Å². The van der Waals surface area contributed by atoms with Gasteiger partial charge in [-0.2, -0.15) is 0 Å². The van der Waals surface area contributed by atoms with Gasteiger partial charge in [0, 0.05) is 16.1 Å². The van der Waals surface area contributed by atoms with Gasteiger partial charge in [-0.05, 0) is 50.2 Å². The van der Waals surface area contributed by atoms with E-state index in [0.717, 1.165) is 28.5 Å². The molecular weight excluding hydrogens is 400 g/mol. The normalized spacial score (nSPS) is 10.5. The first kappa shape index (κ1) is 19.9. The molecule has 0 spiro atoms. The second kappa shape index (κ2) is 8.90. The highest BCUT2D eigenvalue weighted by molar-refractivity contribution is 7.99. The van der Waals surface area contributed by atoms with Crippen molar-refractivity contribution < 1.29 is 14.0 Å². The van der Waals surface area contributed by atoms with E-state index >= 15 is 0 Å². The number of thioether (sulfide) groups is 1. The molecular formula is C19H17ClN4O3S. The highest BCUT2D eigenvalue weighted by Crippen LogP contribution is 2.24. The number of hydrogen-bond donors (Lipinski definition) is 2. The van der Waals surface area contributed by atoms with Gasteiger partial charge >= 0.3 is 0 Å². The smallest absolute Gasteiger partial charge is 0.277 e. The number of benzene rings is 2. The molecule has 0 aliphatic carbocycles. The van der Waals surface area contributed by atoms with E-state index in [1.165, 1.54) is 0 Å². The maximum Gasteiger partial charge on any atom is 0.277 e. The molecule has 0 radical (unpaired) electrons. The molecule has 9 heteroatoms. The number of aromatic nitrogens is 2. The summed E-state index contributed by atoms with van der Waals surface area (Å²) in [6.45, 7) is 3.98. The fraction of sp³-hybridized carbons (Fsp3) is 0.158. The number of aryl methyl sites for hydroxylation is 2. The van der Waals surface area contributed by atoms with Gasteiger partial charge in [0.1, 0.15) is 0 Å². The zero-order chi connectivity index (χ0) is 20.1. The number of rotatable bonds is 5. The van der Waals surface area contributed by atoms with Crippen LogP contribution >= 0.6 is 23.4 Å². The van der Waals surface area contributed by atoms with Crippen molar-refractivity contribution in [3.05, 3.63) is 64.2 Å². The Morgan fingerprint density at radius 3 is 2.39 bits per heavy atom. The number of hydrogen-bond acceptors (Lipinski definition) is 6. The molecule has 0 aliphatic heterocycles. The van der Waals surface area contributed by atoms with Gasteiger partial charge in [0.25, 0.3) is 11.1 Å². The molecule has 0 unspecified atom stereocenters. The lowest BCUT2D eigenvalue weighted by Crippen LogP contribution is -2.42. The van der Waals surface area contributed by atoms with Crippen molar-refractivity contribution in [3.8, 4) is 11.5 Å². The minimum atomic E-state index is -0.440. The summed E-state index contributed by atoms with van der Waals surface area (Å²) in [6, 6.07) is 12.3. The summed E-state index contributed by atoms with van der Waals surface area (Å²) in [6.07, 6.45) is 0. The number of hydrazine groups is 1. The topological polar surface area (TPSA) is 97.1 Å². The monoisotopic (exact) mass is 416 g/mol. The second-order valence-electron chi connectivity index (χ2n) is 6.05. The molecule has 0 atom stereocenters. The number of carbonyl (C=O) groups is 2. The van der Waals surface area contributed by atoms with E-state index in [1.54, 1.807) is 24.3 Å². The number of nitrogens with one attached hydrogen (secondary N) is 2. The van der Waals surface area contributed by atoms with Gasteiger partial charge in [0.2, 0.25) is 11.8 Å². The van der Waals surface area contributed by atoms with E-state index in [-0.39, 0.29) is 11.0 Å². The van der Waals surface area contributed by atoms with Crippen LogP contribution in [-0.4, -0.2) is 27.8 Å². The van der Waals surface area contributed by atoms with Crippen LogP contribution in [-0.2, 0) is 4.79 Å². The third kappa shape index (κ3) is 5.34. The molecule has 2 N–H and O–H groups in total. The quantitative estimate of drug-likeness (QED) is 0.487.